The SMILES string of the molecule is COC(=O)Nc1ccc2c(c1)[nH]c(=O)n2C. The number of H-pyrrole nitrogens is 1. The highest BCUT2D eigenvalue weighted by atomic mass is 16.5. The van der Waals surface area contributed by atoms with Crippen LogP contribution in [0.5, 0.6) is 0 Å². The van der Waals surface area contributed by atoms with Crippen molar-refractivity contribution >= 4 is 22.8 Å². The molecule has 0 saturated heterocycles. The average Bonchev–Trinajstić information content (AvgIpc) is 2.54. The van der Waals surface area contributed by atoms with Crippen LogP contribution < -0.4 is 11.0 Å². The lowest BCUT2D eigenvalue weighted by Crippen LogP contribution is -2.11. The quantitative estimate of drug-likeness (QED) is 0.755. The van der Waals surface area contributed by atoms with Crippen LogP contribution in [0, 0.1) is 0 Å². The summed E-state index contributed by atoms with van der Waals surface area (Å²) in [6, 6.07) is 5.12. The van der Waals surface area contributed by atoms with E-state index in [0.29, 0.717) is 11.2 Å². The van der Waals surface area contributed by atoms with Crippen LogP contribution in [-0.2, 0) is 11.8 Å². The Morgan fingerprint density at radius 2 is 2.25 bits per heavy atom. The van der Waals surface area contributed by atoms with Crippen LogP contribution in [0.1, 0.15) is 0 Å². The van der Waals surface area contributed by atoms with Gasteiger partial charge in [-0.2, -0.15) is 0 Å². The molecule has 6 heteroatoms. The molecule has 1 heterocycles. The Morgan fingerprint density at radius 1 is 1.50 bits per heavy atom. The van der Waals surface area contributed by atoms with E-state index in [2.05, 4.69) is 15.0 Å². The number of fused-ring (bicyclic) bond motifs is 1. The molecule has 0 fully saturated rings. The molecule has 0 atom stereocenters. The van der Waals surface area contributed by atoms with Gasteiger partial charge in [0, 0.05) is 12.7 Å². The Hall–Kier alpha value is -2.24. The molecule has 0 saturated carbocycles. The van der Waals surface area contributed by atoms with Crippen molar-refractivity contribution in [3.05, 3.63) is 28.7 Å². The molecule has 1 aromatic heterocycles. The second kappa shape index (κ2) is 3.73. The average molecular weight is 221 g/mol. The number of hydrogen-bond donors (Lipinski definition) is 2. The fourth-order valence-corrected chi connectivity index (χ4v) is 1.48. The van der Waals surface area contributed by atoms with E-state index in [1.54, 1.807) is 25.2 Å². The number of aromatic amines is 1. The molecule has 0 aliphatic rings. The number of ether oxygens (including phenoxy) is 1. The number of nitrogens with one attached hydrogen (secondary N) is 2. The molecule has 0 spiro atoms. The van der Waals surface area contributed by atoms with Gasteiger partial charge in [-0.3, -0.25) is 9.88 Å². The summed E-state index contributed by atoms with van der Waals surface area (Å²) in [4.78, 5) is 25.0. The second-order valence-corrected chi connectivity index (χ2v) is 3.34. The van der Waals surface area contributed by atoms with Crippen molar-refractivity contribution in [2.75, 3.05) is 12.4 Å². The van der Waals surface area contributed by atoms with Crippen LogP contribution >= 0.6 is 0 Å². The number of carbonyl (C=O) groups is 1. The first kappa shape index (κ1) is 10.3. The molecule has 0 unspecified atom stereocenters. The van der Waals surface area contributed by atoms with Gasteiger partial charge in [-0.05, 0) is 18.2 Å². The van der Waals surface area contributed by atoms with Crippen LogP contribution in [-0.4, -0.2) is 22.8 Å². The summed E-state index contributed by atoms with van der Waals surface area (Å²) in [5.74, 6) is 0. The van der Waals surface area contributed by atoms with Crippen molar-refractivity contribution in [1.82, 2.24) is 9.55 Å². The van der Waals surface area contributed by atoms with Crippen LogP contribution in [0.3, 0.4) is 0 Å². The zero-order chi connectivity index (χ0) is 11.7. The van der Waals surface area contributed by atoms with Gasteiger partial charge in [-0.15, -0.1) is 0 Å². The molecule has 0 aliphatic carbocycles. The molecule has 1 aromatic carbocycles. The predicted octanol–water partition coefficient (Wildman–Crippen LogP) is 1.04. The van der Waals surface area contributed by atoms with Gasteiger partial charge in [0.2, 0.25) is 0 Å². The third kappa shape index (κ3) is 1.65. The monoisotopic (exact) mass is 221 g/mol. The number of carbonyl (C=O) groups excluding carboxylic acids is 1. The maximum absolute atomic E-state index is 11.3. The van der Waals surface area contributed by atoms with Gasteiger partial charge in [0.15, 0.2) is 0 Å². The summed E-state index contributed by atoms with van der Waals surface area (Å²) in [7, 11) is 2.97. The fraction of sp³-hybridized carbons (Fsp3) is 0.200. The van der Waals surface area contributed by atoms with Crippen molar-refractivity contribution < 1.29 is 9.53 Å². The minimum Gasteiger partial charge on any atom is -0.453 e. The fourth-order valence-electron chi connectivity index (χ4n) is 1.48. The lowest BCUT2D eigenvalue weighted by Gasteiger charge is -2.03. The number of rotatable bonds is 1. The van der Waals surface area contributed by atoms with Gasteiger partial charge < -0.3 is 9.72 Å². The summed E-state index contributed by atoms with van der Waals surface area (Å²) in [5.41, 5.74) is 1.83. The van der Waals surface area contributed by atoms with Gasteiger partial charge in [-0.1, -0.05) is 0 Å². The Labute approximate surface area is 90.8 Å². The largest absolute Gasteiger partial charge is 0.453 e. The van der Waals surface area contributed by atoms with Gasteiger partial charge in [0.1, 0.15) is 0 Å². The topological polar surface area (TPSA) is 76.1 Å². The van der Waals surface area contributed by atoms with Gasteiger partial charge >= 0.3 is 11.8 Å². The molecule has 2 rings (SSSR count). The standard InChI is InChI=1S/C10H11N3O3/c1-13-8-4-3-6(11-10(15)16-2)5-7(8)12-9(13)14/h3-5H,1-2H3,(H,11,15)(H,12,14). The highest BCUT2D eigenvalue weighted by molar-refractivity contribution is 5.88. The number of amides is 1. The number of methoxy groups -OCH3 is 1. The maximum atomic E-state index is 11.3. The van der Waals surface area contributed by atoms with Crippen molar-refractivity contribution in [3.8, 4) is 0 Å². The van der Waals surface area contributed by atoms with Crippen LogP contribution in [0.4, 0.5) is 10.5 Å². The first-order chi connectivity index (χ1) is 7.61. The zero-order valence-electron chi connectivity index (χ0n) is 8.90. The van der Waals surface area contributed by atoms with E-state index in [-0.39, 0.29) is 5.69 Å². The van der Waals surface area contributed by atoms with Crippen molar-refractivity contribution in [2.24, 2.45) is 7.05 Å². The molecule has 16 heavy (non-hydrogen) atoms. The van der Waals surface area contributed by atoms with Gasteiger partial charge in [0.25, 0.3) is 0 Å². The Kier molecular flexibility index (Phi) is 2.40. The number of imidazole rings is 1. The van der Waals surface area contributed by atoms with Crippen molar-refractivity contribution in [2.45, 2.75) is 0 Å². The number of anilines is 1. The molecule has 2 aromatic rings. The third-order valence-electron chi connectivity index (χ3n) is 2.34. The molecule has 2 N–H and O–H groups in total. The van der Waals surface area contributed by atoms with E-state index >= 15 is 0 Å². The Balaban J connectivity index is 2.45. The molecule has 1 amide bonds. The van der Waals surface area contributed by atoms with Crippen LogP contribution in [0.15, 0.2) is 23.0 Å². The number of nitrogens with zero attached hydrogens (tertiary/aromatic N) is 1. The Morgan fingerprint density at radius 3 is 2.94 bits per heavy atom. The lowest BCUT2D eigenvalue weighted by molar-refractivity contribution is 0.187. The smallest absolute Gasteiger partial charge is 0.411 e. The van der Waals surface area contributed by atoms with E-state index in [1.807, 2.05) is 0 Å². The number of benzene rings is 1. The molecule has 84 valence electrons. The molecular weight excluding hydrogens is 210 g/mol. The minimum absolute atomic E-state index is 0.190. The summed E-state index contributed by atoms with van der Waals surface area (Å²) >= 11 is 0. The van der Waals surface area contributed by atoms with Crippen molar-refractivity contribution in [3.63, 3.8) is 0 Å². The molecule has 0 aliphatic heterocycles. The highest BCUT2D eigenvalue weighted by Crippen LogP contribution is 2.15. The first-order valence-electron chi connectivity index (χ1n) is 4.65. The van der Waals surface area contributed by atoms with E-state index in [0.717, 1.165) is 5.52 Å². The molecular formula is C10H11N3O3. The van der Waals surface area contributed by atoms with Gasteiger partial charge in [0.05, 0.1) is 18.1 Å². The molecule has 0 radical (unpaired) electrons. The summed E-state index contributed by atoms with van der Waals surface area (Å²) < 4.78 is 5.97. The molecule has 6 nitrogen and oxygen atoms in total. The normalized spacial score (nSPS) is 10.4. The maximum Gasteiger partial charge on any atom is 0.411 e. The zero-order valence-corrected chi connectivity index (χ0v) is 8.90. The van der Waals surface area contributed by atoms with Gasteiger partial charge in [-0.25, -0.2) is 9.59 Å². The third-order valence-corrected chi connectivity index (χ3v) is 2.34. The van der Waals surface area contributed by atoms with Crippen molar-refractivity contribution in [1.29, 1.82) is 0 Å². The molecule has 0 bridgehead atoms. The summed E-state index contributed by atoms with van der Waals surface area (Å²) in [6.07, 6.45) is -0.544. The highest BCUT2D eigenvalue weighted by Gasteiger charge is 2.05. The number of aromatic nitrogens is 2. The second-order valence-electron chi connectivity index (χ2n) is 3.34. The predicted molar refractivity (Wildman–Crippen MR) is 59.6 cm³/mol. The van der Waals surface area contributed by atoms with E-state index < -0.39 is 6.09 Å². The minimum atomic E-state index is -0.544. The number of aryl methyl sites for hydroxylation is 1. The summed E-state index contributed by atoms with van der Waals surface area (Å²) in [5, 5.41) is 2.52. The first-order valence-corrected chi connectivity index (χ1v) is 4.65. The number of hydrogen-bond acceptors (Lipinski definition) is 3. The van der Waals surface area contributed by atoms with E-state index in [9.17, 15) is 9.59 Å². The van der Waals surface area contributed by atoms with E-state index in [1.165, 1.54) is 11.7 Å². The Bertz CT molecular complexity index is 597. The lowest BCUT2D eigenvalue weighted by atomic mass is 10.3. The summed E-state index contributed by atoms with van der Waals surface area (Å²) in [6.45, 7) is 0. The van der Waals surface area contributed by atoms with Crippen LogP contribution in [0.25, 0.3) is 11.0 Å². The van der Waals surface area contributed by atoms with Crippen LogP contribution in [0.2, 0.25) is 0 Å². The van der Waals surface area contributed by atoms with E-state index in [4.69, 9.17) is 0 Å².